The largest absolute Gasteiger partial charge is 0.325 e. The lowest BCUT2D eigenvalue weighted by Gasteiger charge is -2.22. The van der Waals surface area contributed by atoms with Gasteiger partial charge in [0.25, 0.3) is 5.91 Å². The molecule has 8 heteroatoms. The van der Waals surface area contributed by atoms with E-state index in [0.717, 1.165) is 21.4 Å². The number of aliphatic imine (C=N–C) groups is 1. The maximum atomic E-state index is 13.0. The summed E-state index contributed by atoms with van der Waals surface area (Å²) in [4.78, 5) is 42.6. The van der Waals surface area contributed by atoms with E-state index in [9.17, 15) is 14.4 Å². The zero-order valence-electron chi connectivity index (χ0n) is 14.7. The van der Waals surface area contributed by atoms with Gasteiger partial charge < -0.3 is 10.6 Å². The fraction of sp³-hybridized carbons (Fsp3) is 0.263. The lowest BCUT2D eigenvalue weighted by atomic mass is 9.90. The van der Waals surface area contributed by atoms with Crippen molar-refractivity contribution in [3.05, 3.63) is 48.0 Å². The quantitative estimate of drug-likeness (QED) is 0.793. The molecule has 2 heterocycles. The molecule has 1 saturated heterocycles. The van der Waals surface area contributed by atoms with Crippen LogP contribution in [0.25, 0.3) is 10.8 Å². The van der Waals surface area contributed by atoms with Crippen molar-refractivity contribution in [2.45, 2.75) is 12.5 Å². The normalized spacial score (nSPS) is 22.1. The van der Waals surface area contributed by atoms with Gasteiger partial charge in [-0.1, -0.05) is 48.2 Å². The van der Waals surface area contributed by atoms with Crippen LogP contribution in [0.1, 0.15) is 12.5 Å². The molecule has 0 spiro atoms. The highest BCUT2D eigenvalue weighted by molar-refractivity contribution is 8.14. The summed E-state index contributed by atoms with van der Waals surface area (Å²) >= 11 is 1.44. The van der Waals surface area contributed by atoms with Crippen molar-refractivity contribution in [2.75, 3.05) is 18.8 Å². The molecule has 1 atom stereocenters. The van der Waals surface area contributed by atoms with Crippen LogP contribution in [-0.4, -0.2) is 46.8 Å². The molecule has 138 valence electrons. The molecule has 0 saturated carbocycles. The van der Waals surface area contributed by atoms with Crippen molar-refractivity contribution in [2.24, 2.45) is 4.99 Å². The molecular weight excluding hydrogens is 364 g/mol. The molecule has 0 bridgehead atoms. The van der Waals surface area contributed by atoms with Gasteiger partial charge in [0.05, 0.1) is 6.54 Å². The Morgan fingerprint density at radius 3 is 2.78 bits per heavy atom. The third-order valence-corrected chi connectivity index (χ3v) is 5.63. The predicted octanol–water partition coefficient (Wildman–Crippen LogP) is 1.83. The van der Waals surface area contributed by atoms with Crippen LogP contribution in [0.4, 0.5) is 4.79 Å². The minimum absolute atomic E-state index is 0.340. The molecule has 2 aromatic carbocycles. The Balaban J connectivity index is 1.56. The number of amides is 4. The second kappa shape index (κ2) is 6.70. The lowest BCUT2D eigenvalue weighted by Crippen LogP contribution is -2.43. The van der Waals surface area contributed by atoms with E-state index in [0.29, 0.717) is 17.3 Å². The summed E-state index contributed by atoms with van der Waals surface area (Å²) in [6.45, 7) is 1.98. The maximum Gasteiger partial charge on any atom is 0.325 e. The molecule has 0 radical (unpaired) electrons. The Morgan fingerprint density at radius 1 is 1.26 bits per heavy atom. The summed E-state index contributed by atoms with van der Waals surface area (Å²) in [5.74, 6) is -0.0629. The monoisotopic (exact) mass is 382 g/mol. The molecular formula is C19H18N4O3S. The number of carbonyl (C=O) groups is 3. The third-order valence-electron chi connectivity index (χ3n) is 4.74. The van der Waals surface area contributed by atoms with Crippen LogP contribution in [0.2, 0.25) is 0 Å². The van der Waals surface area contributed by atoms with Gasteiger partial charge in [0.2, 0.25) is 5.91 Å². The topological polar surface area (TPSA) is 90.9 Å². The van der Waals surface area contributed by atoms with E-state index in [2.05, 4.69) is 15.6 Å². The Kier molecular flexibility index (Phi) is 4.35. The zero-order valence-corrected chi connectivity index (χ0v) is 15.5. The number of nitrogens with one attached hydrogen (secondary N) is 2. The van der Waals surface area contributed by atoms with Crippen LogP contribution in [0.15, 0.2) is 47.5 Å². The second-order valence-corrected chi connectivity index (χ2v) is 7.68. The van der Waals surface area contributed by atoms with Crippen molar-refractivity contribution in [1.82, 2.24) is 15.5 Å². The first-order valence-electron chi connectivity index (χ1n) is 8.58. The Bertz CT molecular complexity index is 990. The summed E-state index contributed by atoms with van der Waals surface area (Å²) < 4.78 is 0. The van der Waals surface area contributed by atoms with Crippen molar-refractivity contribution in [3.63, 3.8) is 0 Å². The number of fused-ring (bicyclic) bond motifs is 1. The van der Waals surface area contributed by atoms with E-state index in [4.69, 9.17) is 0 Å². The van der Waals surface area contributed by atoms with Crippen molar-refractivity contribution in [1.29, 1.82) is 0 Å². The van der Waals surface area contributed by atoms with Gasteiger partial charge in [0.15, 0.2) is 5.17 Å². The van der Waals surface area contributed by atoms with Crippen LogP contribution in [-0.2, 0) is 15.1 Å². The molecule has 0 aliphatic carbocycles. The highest BCUT2D eigenvalue weighted by Gasteiger charge is 2.49. The number of imide groups is 1. The van der Waals surface area contributed by atoms with Crippen LogP contribution < -0.4 is 10.6 Å². The highest BCUT2D eigenvalue weighted by atomic mass is 32.2. The average Bonchev–Trinajstić information content (AvgIpc) is 3.24. The SMILES string of the molecule is C[C@@]1(c2ccc3ccccc3c2)NC(=O)N(CC(=O)NC2=NCCS2)C1=O. The molecule has 4 amide bonds. The fourth-order valence-electron chi connectivity index (χ4n) is 3.25. The van der Waals surface area contributed by atoms with E-state index in [1.165, 1.54) is 11.8 Å². The van der Waals surface area contributed by atoms with Crippen LogP contribution in [0.3, 0.4) is 0 Å². The van der Waals surface area contributed by atoms with Gasteiger partial charge in [-0.2, -0.15) is 0 Å². The maximum absolute atomic E-state index is 13.0. The fourth-order valence-corrected chi connectivity index (χ4v) is 3.99. The number of nitrogens with zero attached hydrogens (tertiary/aromatic N) is 2. The highest BCUT2D eigenvalue weighted by Crippen LogP contribution is 2.30. The number of carbonyl (C=O) groups excluding carboxylic acids is 3. The van der Waals surface area contributed by atoms with E-state index in [1.54, 1.807) is 6.92 Å². The molecule has 1 fully saturated rings. The number of amidine groups is 1. The first kappa shape index (κ1) is 17.5. The Morgan fingerprint density at radius 2 is 2.04 bits per heavy atom. The Hall–Kier alpha value is -2.87. The van der Waals surface area contributed by atoms with Crippen molar-refractivity contribution in [3.8, 4) is 0 Å². The first-order chi connectivity index (χ1) is 13.0. The Labute approximate surface area is 160 Å². The molecule has 0 unspecified atom stereocenters. The average molecular weight is 382 g/mol. The van der Waals surface area contributed by atoms with E-state index in [-0.39, 0.29) is 6.54 Å². The number of hydrogen-bond donors (Lipinski definition) is 2. The standard InChI is InChI=1S/C19H18N4O3S/c1-19(14-7-6-12-4-2-3-5-13(12)10-14)16(25)23(18(26)22-19)11-15(24)21-17-20-8-9-27-17/h2-7,10H,8-9,11H2,1H3,(H,22,26)(H,20,21,24)/t19-/m0/s1. The molecule has 2 aliphatic heterocycles. The molecule has 0 aromatic heterocycles. The molecule has 7 nitrogen and oxygen atoms in total. The van der Waals surface area contributed by atoms with E-state index >= 15 is 0 Å². The summed E-state index contributed by atoms with van der Waals surface area (Å²) in [6.07, 6.45) is 0. The van der Waals surface area contributed by atoms with Crippen molar-refractivity contribution >= 4 is 45.5 Å². The molecule has 2 N–H and O–H groups in total. The molecule has 27 heavy (non-hydrogen) atoms. The molecule has 4 rings (SSSR count). The van der Waals surface area contributed by atoms with Gasteiger partial charge in [-0.15, -0.1) is 0 Å². The smallest absolute Gasteiger partial charge is 0.319 e. The first-order valence-corrected chi connectivity index (χ1v) is 9.56. The number of benzene rings is 2. The van der Waals surface area contributed by atoms with Gasteiger partial charge in [-0.25, -0.2) is 4.79 Å². The van der Waals surface area contributed by atoms with Gasteiger partial charge in [-0.3, -0.25) is 19.5 Å². The minimum Gasteiger partial charge on any atom is -0.319 e. The molecule has 2 aliphatic rings. The zero-order chi connectivity index (χ0) is 19.0. The third kappa shape index (κ3) is 3.16. The number of thioether (sulfide) groups is 1. The van der Waals surface area contributed by atoms with Gasteiger partial charge in [0, 0.05) is 5.75 Å². The predicted molar refractivity (Wildman–Crippen MR) is 104 cm³/mol. The number of urea groups is 1. The number of rotatable bonds is 3. The molecule has 2 aromatic rings. The van der Waals surface area contributed by atoms with Gasteiger partial charge in [0.1, 0.15) is 12.1 Å². The van der Waals surface area contributed by atoms with Crippen LogP contribution in [0.5, 0.6) is 0 Å². The second-order valence-electron chi connectivity index (χ2n) is 6.59. The van der Waals surface area contributed by atoms with E-state index in [1.807, 2.05) is 42.5 Å². The van der Waals surface area contributed by atoms with Crippen molar-refractivity contribution < 1.29 is 14.4 Å². The van der Waals surface area contributed by atoms with Gasteiger partial charge in [-0.05, 0) is 29.3 Å². The minimum atomic E-state index is -1.21. The van der Waals surface area contributed by atoms with Crippen LogP contribution in [0, 0.1) is 0 Å². The van der Waals surface area contributed by atoms with Gasteiger partial charge >= 0.3 is 6.03 Å². The van der Waals surface area contributed by atoms with E-state index < -0.39 is 23.4 Å². The van der Waals surface area contributed by atoms with Crippen LogP contribution >= 0.6 is 11.8 Å². The summed E-state index contributed by atoms with van der Waals surface area (Å²) in [7, 11) is 0. The summed E-state index contributed by atoms with van der Waals surface area (Å²) in [5, 5.41) is 7.93. The lowest BCUT2D eigenvalue weighted by molar-refractivity contribution is -0.134. The summed E-state index contributed by atoms with van der Waals surface area (Å²) in [6, 6.07) is 12.9. The summed E-state index contributed by atoms with van der Waals surface area (Å²) in [5.41, 5.74) is -0.528. The number of hydrogen-bond acceptors (Lipinski definition) is 5.